The van der Waals surface area contributed by atoms with Crippen molar-refractivity contribution in [3.63, 3.8) is 0 Å². The van der Waals surface area contributed by atoms with E-state index < -0.39 is 11.9 Å². The number of aliphatic carboxylic acids is 1. The number of hydrogen-bond donors (Lipinski definition) is 2. The van der Waals surface area contributed by atoms with Crippen molar-refractivity contribution in [3.05, 3.63) is 35.4 Å². The second kappa shape index (κ2) is 9.93. The molecule has 3 aliphatic rings. The molecule has 186 valence electrons. The molecule has 3 fully saturated rings. The fourth-order valence-electron chi connectivity index (χ4n) is 5.87. The standard InChI is InChI=1S/C28H38O6/c1-6-7-8-9-12-27(2,3)17-13-22(30)26(23(14-17)34-25(33)11-10-24(31)32)18-15-21(29)20-16-19(18)28(20,4)5/h10-11,13-14,18-20,30H,6-9,12,15-16H2,1-5H3,(H,31,32)/t18-,19?,20?/m0/s1. The van der Waals surface area contributed by atoms with Gasteiger partial charge in [0.25, 0.3) is 0 Å². The van der Waals surface area contributed by atoms with Gasteiger partial charge in [0.1, 0.15) is 17.3 Å². The van der Waals surface area contributed by atoms with E-state index in [2.05, 4.69) is 34.6 Å². The van der Waals surface area contributed by atoms with Crippen LogP contribution in [0.15, 0.2) is 24.3 Å². The quantitative estimate of drug-likeness (QED) is 0.191. The van der Waals surface area contributed by atoms with Crippen LogP contribution in [0.1, 0.15) is 96.6 Å². The minimum Gasteiger partial charge on any atom is -0.508 e. The first kappa shape index (κ1) is 26.0. The summed E-state index contributed by atoms with van der Waals surface area (Å²) in [5, 5.41) is 20.1. The first-order valence-electron chi connectivity index (χ1n) is 12.4. The molecule has 0 amide bonds. The van der Waals surface area contributed by atoms with E-state index in [0.29, 0.717) is 12.0 Å². The van der Waals surface area contributed by atoms with Crippen molar-refractivity contribution < 1.29 is 29.3 Å². The predicted octanol–water partition coefficient (Wildman–Crippen LogP) is 5.91. The number of ketones is 1. The molecule has 0 spiro atoms. The third kappa shape index (κ3) is 5.21. The minimum atomic E-state index is -1.25. The zero-order valence-corrected chi connectivity index (χ0v) is 21.0. The van der Waals surface area contributed by atoms with Gasteiger partial charge in [-0.1, -0.05) is 60.3 Å². The molecule has 2 unspecified atom stereocenters. The normalized spacial score (nSPS) is 23.6. The average molecular weight is 471 g/mol. The van der Waals surface area contributed by atoms with Crippen LogP contribution in [0.3, 0.4) is 0 Å². The summed E-state index contributed by atoms with van der Waals surface area (Å²) in [6.07, 6.45) is 8.09. The van der Waals surface area contributed by atoms with Gasteiger partial charge in [-0.25, -0.2) is 9.59 Å². The summed E-state index contributed by atoms with van der Waals surface area (Å²) in [6, 6.07) is 3.55. The predicted molar refractivity (Wildman–Crippen MR) is 130 cm³/mol. The van der Waals surface area contributed by atoms with E-state index in [1.807, 2.05) is 0 Å². The van der Waals surface area contributed by atoms with Crippen molar-refractivity contribution in [2.45, 2.75) is 90.9 Å². The van der Waals surface area contributed by atoms with Gasteiger partial charge in [-0.3, -0.25) is 4.79 Å². The van der Waals surface area contributed by atoms with Crippen molar-refractivity contribution in [3.8, 4) is 11.5 Å². The van der Waals surface area contributed by atoms with Crippen LogP contribution >= 0.6 is 0 Å². The number of carboxylic acids is 1. The molecule has 4 rings (SSSR count). The Kier molecular flexibility index (Phi) is 7.59. The number of carbonyl (C=O) groups is 3. The first-order chi connectivity index (χ1) is 15.9. The maximum Gasteiger partial charge on any atom is 0.336 e. The summed E-state index contributed by atoms with van der Waals surface area (Å²) in [4.78, 5) is 36.1. The summed E-state index contributed by atoms with van der Waals surface area (Å²) >= 11 is 0. The molecule has 3 saturated carbocycles. The molecule has 2 N–H and O–H groups in total. The van der Waals surface area contributed by atoms with Gasteiger partial charge in [0.05, 0.1) is 0 Å². The van der Waals surface area contributed by atoms with E-state index in [1.165, 1.54) is 6.42 Å². The summed E-state index contributed by atoms with van der Waals surface area (Å²) in [5.74, 6) is -1.65. The van der Waals surface area contributed by atoms with Gasteiger partial charge in [0.15, 0.2) is 0 Å². The van der Waals surface area contributed by atoms with Gasteiger partial charge in [-0.2, -0.15) is 0 Å². The summed E-state index contributed by atoms with van der Waals surface area (Å²) in [6.45, 7) is 10.5. The Morgan fingerprint density at radius 1 is 1.18 bits per heavy atom. The number of rotatable bonds is 10. The fourth-order valence-corrected chi connectivity index (χ4v) is 5.87. The number of ether oxygens (including phenoxy) is 1. The Morgan fingerprint density at radius 2 is 1.88 bits per heavy atom. The second-order valence-corrected chi connectivity index (χ2v) is 11.2. The SMILES string of the molecule is CCCCCCC(C)(C)c1cc(O)c([C@H]2CC(=O)C3CC2C3(C)C)c(OC(=O)C=CC(=O)O)c1. The zero-order chi connectivity index (χ0) is 25.3. The molecule has 0 heterocycles. The van der Waals surface area contributed by atoms with Gasteiger partial charge in [-0.05, 0) is 47.3 Å². The monoisotopic (exact) mass is 470 g/mol. The molecular formula is C28H38O6. The number of carbonyl (C=O) groups excluding carboxylic acids is 2. The molecule has 6 heteroatoms. The molecule has 1 aromatic rings. The summed E-state index contributed by atoms with van der Waals surface area (Å²) in [7, 11) is 0. The van der Waals surface area contributed by atoms with Gasteiger partial charge >= 0.3 is 11.9 Å². The van der Waals surface area contributed by atoms with Crippen LogP contribution in [0.2, 0.25) is 0 Å². The number of esters is 1. The number of carboxylic acid groups (broad SMARTS) is 1. The van der Waals surface area contributed by atoms with Crippen LogP contribution in [-0.2, 0) is 19.8 Å². The molecule has 6 nitrogen and oxygen atoms in total. The van der Waals surface area contributed by atoms with Gasteiger partial charge in [0.2, 0.25) is 0 Å². The third-order valence-corrected chi connectivity index (χ3v) is 8.14. The lowest BCUT2D eigenvalue weighted by molar-refractivity contribution is -0.151. The van der Waals surface area contributed by atoms with Crippen molar-refractivity contribution in [2.24, 2.45) is 17.3 Å². The van der Waals surface area contributed by atoms with Crippen molar-refractivity contribution in [1.82, 2.24) is 0 Å². The topological polar surface area (TPSA) is 101 Å². The van der Waals surface area contributed by atoms with Crippen molar-refractivity contribution in [2.75, 3.05) is 0 Å². The Morgan fingerprint density at radius 3 is 2.47 bits per heavy atom. The Balaban J connectivity index is 2.00. The number of phenols is 1. The zero-order valence-electron chi connectivity index (χ0n) is 21.0. The van der Waals surface area contributed by atoms with Gasteiger partial charge in [0, 0.05) is 36.0 Å². The molecule has 2 bridgehead atoms. The first-order valence-corrected chi connectivity index (χ1v) is 12.4. The van der Waals surface area contributed by atoms with Crippen LogP contribution in [0.5, 0.6) is 11.5 Å². The maximum absolute atomic E-state index is 12.8. The van der Waals surface area contributed by atoms with E-state index in [9.17, 15) is 19.5 Å². The third-order valence-electron chi connectivity index (χ3n) is 8.14. The molecule has 3 atom stereocenters. The Labute approximate surface area is 202 Å². The van der Waals surface area contributed by atoms with Gasteiger partial charge < -0.3 is 14.9 Å². The van der Waals surface area contributed by atoms with Crippen molar-refractivity contribution >= 4 is 17.7 Å². The van der Waals surface area contributed by atoms with E-state index in [0.717, 1.165) is 49.8 Å². The van der Waals surface area contributed by atoms with Crippen LogP contribution in [0, 0.1) is 17.3 Å². The van der Waals surface area contributed by atoms with E-state index in [1.54, 1.807) is 12.1 Å². The molecular weight excluding hydrogens is 432 g/mol. The smallest absolute Gasteiger partial charge is 0.336 e. The number of fused-ring (bicyclic) bond motifs is 2. The highest BCUT2D eigenvalue weighted by Gasteiger charge is 2.59. The van der Waals surface area contributed by atoms with Crippen LogP contribution in [-0.4, -0.2) is 27.9 Å². The fraction of sp³-hybridized carbons (Fsp3) is 0.607. The summed E-state index contributed by atoms with van der Waals surface area (Å²) in [5.41, 5.74) is 0.898. The molecule has 0 saturated heterocycles. The molecule has 0 aliphatic heterocycles. The van der Waals surface area contributed by atoms with E-state index in [-0.39, 0.29) is 45.9 Å². The Hall–Kier alpha value is -2.63. The number of unbranched alkanes of at least 4 members (excludes halogenated alkanes) is 3. The molecule has 0 radical (unpaired) electrons. The lowest BCUT2D eigenvalue weighted by Gasteiger charge is -2.59. The lowest BCUT2D eigenvalue weighted by atomic mass is 9.44. The number of hydrogen-bond acceptors (Lipinski definition) is 5. The lowest BCUT2D eigenvalue weighted by Crippen LogP contribution is -2.56. The largest absolute Gasteiger partial charge is 0.508 e. The second-order valence-electron chi connectivity index (χ2n) is 11.2. The van der Waals surface area contributed by atoms with Crippen LogP contribution < -0.4 is 4.74 Å². The van der Waals surface area contributed by atoms with Gasteiger partial charge in [-0.15, -0.1) is 0 Å². The van der Waals surface area contributed by atoms with Crippen molar-refractivity contribution in [1.29, 1.82) is 0 Å². The molecule has 1 aromatic carbocycles. The highest BCUT2D eigenvalue weighted by molar-refractivity contribution is 5.92. The van der Waals surface area contributed by atoms with E-state index in [4.69, 9.17) is 9.84 Å². The number of Topliss-reactive ketones (excluding diaryl/α,β-unsaturated/α-hetero) is 1. The minimum absolute atomic E-state index is 0.0306. The Bertz CT molecular complexity index is 987. The number of benzene rings is 1. The molecule has 3 aliphatic carbocycles. The van der Waals surface area contributed by atoms with E-state index >= 15 is 0 Å². The number of phenolic OH excluding ortho intramolecular Hbond substituents is 1. The maximum atomic E-state index is 12.8. The molecule has 0 aromatic heterocycles. The summed E-state index contributed by atoms with van der Waals surface area (Å²) < 4.78 is 5.62. The number of aromatic hydroxyl groups is 1. The van der Waals surface area contributed by atoms with Crippen LogP contribution in [0.4, 0.5) is 0 Å². The average Bonchev–Trinajstić information content (AvgIpc) is 2.74. The molecule has 34 heavy (non-hydrogen) atoms. The highest BCUT2D eigenvalue weighted by atomic mass is 16.5. The van der Waals surface area contributed by atoms with Crippen LogP contribution in [0.25, 0.3) is 0 Å². The highest BCUT2D eigenvalue weighted by Crippen LogP contribution is 2.64.